The van der Waals surface area contributed by atoms with E-state index in [0.29, 0.717) is 18.9 Å². The van der Waals surface area contributed by atoms with E-state index in [4.69, 9.17) is 10.7 Å². The average molecular weight is 457 g/mol. The van der Waals surface area contributed by atoms with Gasteiger partial charge in [0.25, 0.3) is 0 Å². The fraction of sp³-hybridized carbons (Fsp3) is 0.296. The van der Waals surface area contributed by atoms with Crippen LogP contribution in [-0.2, 0) is 17.8 Å². The van der Waals surface area contributed by atoms with E-state index in [-0.39, 0.29) is 5.91 Å². The Balaban J connectivity index is 1.51. The molecule has 1 amide bonds. The highest BCUT2D eigenvalue weighted by Gasteiger charge is 2.17. The molecule has 7 nitrogen and oxygen atoms in total. The highest BCUT2D eigenvalue weighted by molar-refractivity contribution is 6.06. The molecule has 176 valence electrons. The maximum absolute atomic E-state index is 12.4. The quantitative estimate of drug-likeness (QED) is 0.364. The number of carbonyl (C=O) groups is 1. The topological polar surface area (TPSA) is 89.1 Å². The molecule has 3 N–H and O–H groups in total. The van der Waals surface area contributed by atoms with Crippen LogP contribution in [0.1, 0.15) is 31.2 Å². The van der Waals surface area contributed by atoms with E-state index in [1.54, 1.807) is 6.08 Å². The Labute approximate surface area is 200 Å². The number of anilines is 2. The largest absolute Gasteiger partial charge is 0.382 e. The lowest BCUT2D eigenvalue weighted by Gasteiger charge is -2.12. The van der Waals surface area contributed by atoms with Gasteiger partial charge in [-0.1, -0.05) is 43.7 Å². The minimum Gasteiger partial charge on any atom is -0.382 e. The third-order valence-electron chi connectivity index (χ3n) is 5.91. The van der Waals surface area contributed by atoms with Crippen LogP contribution in [0.5, 0.6) is 0 Å². The third-order valence-corrected chi connectivity index (χ3v) is 5.91. The molecule has 2 aromatic carbocycles. The summed E-state index contributed by atoms with van der Waals surface area (Å²) in [6, 6.07) is 16.0. The van der Waals surface area contributed by atoms with Gasteiger partial charge in [-0.2, -0.15) is 0 Å². The van der Waals surface area contributed by atoms with Gasteiger partial charge in [0.1, 0.15) is 11.3 Å². The van der Waals surface area contributed by atoms with E-state index >= 15 is 0 Å². The molecule has 0 aliphatic heterocycles. The van der Waals surface area contributed by atoms with Gasteiger partial charge in [-0.05, 0) is 36.3 Å². The smallest absolute Gasteiger partial charge is 0.244 e. The molecule has 0 aliphatic carbocycles. The number of carbonyl (C=O) groups excluding carboxylic acids is 1. The minimum absolute atomic E-state index is 0.123. The number of nitrogens with one attached hydrogen (secondary N) is 1. The van der Waals surface area contributed by atoms with Crippen LogP contribution in [0.15, 0.2) is 54.6 Å². The normalized spacial score (nSPS) is 11.5. The molecule has 0 saturated carbocycles. The van der Waals surface area contributed by atoms with Gasteiger partial charge in [-0.3, -0.25) is 4.79 Å². The van der Waals surface area contributed by atoms with Crippen molar-refractivity contribution in [1.29, 1.82) is 0 Å². The summed E-state index contributed by atoms with van der Waals surface area (Å²) >= 11 is 0. The molecule has 4 rings (SSSR count). The molecule has 2 aromatic heterocycles. The van der Waals surface area contributed by atoms with E-state index < -0.39 is 0 Å². The van der Waals surface area contributed by atoms with Gasteiger partial charge in [0, 0.05) is 50.8 Å². The van der Waals surface area contributed by atoms with E-state index in [2.05, 4.69) is 27.9 Å². The SMILES string of the molecule is CCCCc1nc2c(N)nc3ccccc3c2n1CCNC(=O)/C=C/c1ccc(N(C)C)cc1. The molecule has 0 unspecified atom stereocenters. The highest BCUT2D eigenvalue weighted by Crippen LogP contribution is 2.29. The van der Waals surface area contributed by atoms with Crippen molar-refractivity contribution in [2.45, 2.75) is 32.7 Å². The second-order valence-corrected chi connectivity index (χ2v) is 8.60. The lowest BCUT2D eigenvalue weighted by molar-refractivity contribution is -0.116. The van der Waals surface area contributed by atoms with Gasteiger partial charge >= 0.3 is 0 Å². The Hall–Kier alpha value is -3.87. The number of nitrogens with two attached hydrogens (primary N) is 1. The first-order chi connectivity index (χ1) is 16.5. The van der Waals surface area contributed by atoms with Crippen LogP contribution in [0.2, 0.25) is 0 Å². The molecule has 0 saturated heterocycles. The monoisotopic (exact) mass is 456 g/mol. The highest BCUT2D eigenvalue weighted by atomic mass is 16.1. The molecule has 34 heavy (non-hydrogen) atoms. The Kier molecular flexibility index (Phi) is 7.11. The number of amides is 1. The number of nitrogen functional groups attached to an aromatic ring is 1. The Morgan fingerprint density at radius 1 is 1.12 bits per heavy atom. The van der Waals surface area contributed by atoms with Crippen molar-refractivity contribution in [3.05, 3.63) is 66.0 Å². The molecule has 0 atom stereocenters. The standard InChI is InChI=1S/C27H32N6O/c1-4-5-10-23-31-25-26(21-8-6-7-9-22(21)30-27(25)28)33(23)18-17-29-24(34)16-13-19-11-14-20(15-12-19)32(2)3/h6-9,11-16H,4-5,10,17-18H2,1-3H3,(H2,28,30)(H,29,34)/b16-13+. The van der Waals surface area contributed by atoms with Crippen molar-refractivity contribution in [2.24, 2.45) is 0 Å². The van der Waals surface area contributed by atoms with Gasteiger partial charge in [-0.25, -0.2) is 9.97 Å². The van der Waals surface area contributed by atoms with Crippen molar-refractivity contribution in [2.75, 3.05) is 31.3 Å². The van der Waals surface area contributed by atoms with Gasteiger partial charge in [0.15, 0.2) is 5.82 Å². The lowest BCUT2D eigenvalue weighted by atomic mass is 10.2. The summed E-state index contributed by atoms with van der Waals surface area (Å²) in [7, 11) is 4.01. The van der Waals surface area contributed by atoms with Crippen LogP contribution < -0.4 is 16.0 Å². The number of benzene rings is 2. The zero-order chi connectivity index (χ0) is 24.1. The number of aromatic nitrogens is 3. The third kappa shape index (κ3) is 5.03. The number of unbranched alkanes of at least 4 members (excludes halogenated alkanes) is 1. The molecule has 0 aliphatic rings. The maximum atomic E-state index is 12.4. The number of fused-ring (bicyclic) bond motifs is 3. The van der Waals surface area contributed by atoms with Crippen LogP contribution in [0, 0.1) is 0 Å². The number of aryl methyl sites for hydroxylation is 1. The zero-order valence-corrected chi connectivity index (χ0v) is 20.1. The molecule has 7 heteroatoms. The first-order valence-electron chi connectivity index (χ1n) is 11.7. The fourth-order valence-corrected chi connectivity index (χ4v) is 4.08. The molecule has 4 aromatic rings. The van der Waals surface area contributed by atoms with Crippen LogP contribution in [0.3, 0.4) is 0 Å². The molecular weight excluding hydrogens is 424 g/mol. The predicted molar refractivity (Wildman–Crippen MR) is 141 cm³/mol. The molecule has 0 spiro atoms. The number of para-hydroxylation sites is 1. The second-order valence-electron chi connectivity index (χ2n) is 8.60. The van der Waals surface area contributed by atoms with Gasteiger partial charge in [0.05, 0.1) is 11.0 Å². The molecule has 0 bridgehead atoms. The molecular formula is C27H32N6O. The average Bonchev–Trinajstić information content (AvgIpc) is 3.21. The molecule has 0 radical (unpaired) electrons. The van der Waals surface area contributed by atoms with Gasteiger partial charge in [-0.15, -0.1) is 0 Å². The van der Waals surface area contributed by atoms with Crippen molar-refractivity contribution in [3.63, 3.8) is 0 Å². The Bertz CT molecular complexity index is 1320. The lowest BCUT2D eigenvalue weighted by Crippen LogP contribution is -2.26. The summed E-state index contributed by atoms with van der Waals surface area (Å²) < 4.78 is 2.19. The minimum atomic E-state index is -0.123. The Morgan fingerprint density at radius 3 is 2.62 bits per heavy atom. The number of hydrogen-bond donors (Lipinski definition) is 2. The van der Waals surface area contributed by atoms with E-state index in [1.807, 2.05) is 67.5 Å². The van der Waals surface area contributed by atoms with E-state index in [1.165, 1.54) is 0 Å². The van der Waals surface area contributed by atoms with Crippen LogP contribution in [-0.4, -0.2) is 41.1 Å². The van der Waals surface area contributed by atoms with Crippen LogP contribution in [0.4, 0.5) is 11.5 Å². The number of rotatable bonds is 9. The predicted octanol–water partition coefficient (Wildman–Crippen LogP) is 4.40. The van der Waals surface area contributed by atoms with E-state index in [0.717, 1.165) is 58.3 Å². The van der Waals surface area contributed by atoms with Gasteiger partial charge < -0.3 is 20.5 Å². The first kappa shape index (κ1) is 23.3. The number of imidazole rings is 1. The van der Waals surface area contributed by atoms with Crippen molar-refractivity contribution < 1.29 is 4.79 Å². The number of nitrogens with zero attached hydrogens (tertiary/aromatic N) is 4. The first-order valence-corrected chi connectivity index (χ1v) is 11.7. The summed E-state index contributed by atoms with van der Waals surface area (Å²) in [4.78, 5) is 23.9. The maximum Gasteiger partial charge on any atom is 0.244 e. The van der Waals surface area contributed by atoms with Crippen molar-refractivity contribution in [3.8, 4) is 0 Å². The summed E-state index contributed by atoms with van der Waals surface area (Å²) in [6.45, 7) is 3.27. The summed E-state index contributed by atoms with van der Waals surface area (Å²) in [5, 5.41) is 4.02. The van der Waals surface area contributed by atoms with Crippen molar-refractivity contribution >= 4 is 45.4 Å². The summed E-state index contributed by atoms with van der Waals surface area (Å²) in [6.07, 6.45) is 6.38. The fourth-order valence-electron chi connectivity index (χ4n) is 4.08. The summed E-state index contributed by atoms with van der Waals surface area (Å²) in [5.41, 5.74) is 10.9. The summed E-state index contributed by atoms with van der Waals surface area (Å²) in [5.74, 6) is 1.30. The second kappa shape index (κ2) is 10.4. The van der Waals surface area contributed by atoms with Crippen LogP contribution in [0.25, 0.3) is 28.0 Å². The number of pyridine rings is 1. The van der Waals surface area contributed by atoms with Crippen molar-refractivity contribution in [1.82, 2.24) is 19.9 Å². The molecule has 0 fully saturated rings. The van der Waals surface area contributed by atoms with Gasteiger partial charge in [0.2, 0.25) is 5.91 Å². The number of hydrogen-bond acceptors (Lipinski definition) is 5. The zero-order valence-electron chi connectivity index (χ0n) is 20.1. The molecule has 2 heterocycles. The van der Waals surface area contributed by atoms with E-state index in [9.17, 15) is 4.79 Å². The Morgan fingerprint density at radius 2 is 1.88 bits per heavy atom. The van der Waals surface area contributed by atoms with Crippen LogP contribution >= 0.6 is 0 Å².